The molecule has 16 bridgehead atoms. The third-order valence-corrected chi connectivity index (χ3v) is 37.5. The van der Waals surface area contributed by atoms with Crippen LogP contribution >= 0.6 is 0 Å². The third-order valence-electron chi connectivity index (χ3n) is 37.5. The highest BCUT2D eigenvalue weighted by Gasteiger charge is 2.81. The van der Waals surface area contributed by atoms with Crippen LogP contribution in [0, 0.1) is 260 Å². The van der Waals surface area contributed by atoms with Crippen molar-refractivity contribution in [1.29, 1.82) is 0 Å². The maximum absolute atomic E-state index is 12.2. The SMILES string of the molecule is CC1=CC(C2CC(=O)OC2=O)CC2C(=O)OC(=O)C12.CC1CC(C2CC(=O)OC2=O)CC2C(=O)OC(=O)C12.O=C1CC2(CC3CC2C2C4C(=O)OC(=O)C4C32)C(=O)O1.O=C1CC2C3CC(C(=O)OC3=O)C2C(=O)O1.O=C1CC2C3CC(C2C(=O)O1)C1C2CC(C(=O)OC2=O)C31.O=C1OC(=O)C2C3C(=O)OC(=O)C2C13.O=C1OC(=O)C2C3CC(C4CC5C6CC(C7C(=O)OC(=O)C67)C5C43)C12. The number of cyclic esters (lactones) is 26. The van der Waals surface area contributed by atoms with Crippen LogP contribution in [0.2, 0.25) is 0 Å². The summed E-state index contributed by atoms with van der Waals surface area (Å²) in [5.74, 6) is -21.9. The first-order valence-corrected chi connectivity index (χ1v) is 46.0. The van der Waals surface area contributed by atoms with Crippen molar-refractivity contribution in [1.82, 2.24) is 0 Å². The average Bonchev–Trinajstić information content (AvgIpc) is 1.52. The van der Waals surface area contributed by atoms with Gasteiger partial charge in [-0.1, -0.05) is 18.6 Å². The molecule has 0 aromatic heterocycles. The Morgan fingerprint density at radius 1 is 0.231 bits per heavy atom. The minimum Gasteiger partial charge on any atom is -0.393 e. The molecule has 15 saturated heterocycles. The smallest absolute Gasteiger partial charge is 0.321 e. The van der Waals surface area contributed by atoms with Gasteiger partial charge in [0, 0.05) is 6.42 Å². The summed E-state index contributed by atoms with van der Waals surface area (Å²) in [6, 6.07) is 0. The van der Waals surface area contributed by atoms with Crippen LogP contribution in [0.1, 0.15) is 117 Å². The number of hydrogen-bond acceptors (Lipinski definition) is 42. The fourth-order valence-corrected chi connectivity index (χ4v) is 33.2. The van der Waals surface area contributed by atoms with Crippen LogP contribution in [0.3, 0.4) is 0 Å². The summed E-state index contributed by atoms with van der Waals surface area (Å²) in [6.45, 7) is 3.62. The molecule has 0 aromatic rings. The number of esters is 28. The van der Waals surface area contributed by atoms with Gasteiger partial charge >= 0.3 is 167 Å². The molecular formula is C92H82O42. The summed E-state index contributed by atoms with van der Waals surface area (Å²) in [5, 5.41) is 0. The summed E-state index contributed by atoms with van der Waals surface area (Å²) >= 11 is 0. The van der Waals surface area contributed by atoms with Crippen molar-refractivity contribution in [2.24, 2.45) is 260 Å². The van der Waals surface area contributed by atoms with Crippen molar-refractivity contribution in [2.45, 2.75) is 117 Å². The van der Waals surface area contributed by atoms with Crippen LogP contribution in [-0.2, 0) is 201 Å². The molecule has 702 valence electrons. The number of hydrogen-bond donors (Lipinski definition) is 0. The summed E-state index contributed by atoms with van der Waals surface area (Å²) in [4.78, 5) is 325. The van der Waals surface area contributed by atoms with Crippen molar-refractivity contribution in [3.8, 4) is 0 Å². The molecule has 40 atom stereocenters. The number of fused-ring (bicyclic) bond motifs is 47. The van der Waals surface area contributed by atoms with E-state index in [1.54, 1.807) is 13.0 Å². The van der Waals surface area contributed by atoms with E-state index in [-0.39, 0.29) is 204 Å². The minimum atomic E-state index is -0.786. The lowest BCUT2D eigenvalue weighted by molar-refractivity contribution is -0.227. The van der Waals surface area contributed by atoms with Crippen LogP contribution in [-0.4, -0.2) is 167 Å². The van der Waals surface area contributed by atoms with E-state index >= 15 is 0 Å². The molecule has 0 aromatic carbocycles. The Morgan fingerprint density at radius 3 is 1.12 bits per heavy atom. The van der Waals surface area contributed by atoms with Gasteiger partial charge in [0.2, 0.25) is 0 Å². The van der Waals surface area contributed by atoms with Crippen molar-refractivity contribution >= 4 is 167 Å². The number of allylic oxidation sites excluding steroid dienone is 1. The first kappa shape index (κ1) is 85.9. The molecule has 14 saturated carbocycles. The Balaban J connectivity index is 0.0000000889. The number of carbonyl (C=O) groups excluding carboxylic acids is 28. The van der Waals surface area contributed by atoms with Crippen LogP contribution in [0.15, 0.2) is 11.6 Å². The van der Waals surface area contributed by atoms with Crippen molar-refractivity contribution < 1.29 is 201 Å². The third kappa shape index (κ3) is 12.1. The lowest BCUT2D eigenvalue weighted by atomic mass is 9.48. The molecule has 30 aliphatic rings. The van der Waals surface area contributed by atoms with Gasteiger partial charge in [0.15, 0.2) is 0 Å². The van der Waals surface area contributed by atoms with E-state index < -0.39 is 232 Å². The highest BCUT2D eigenvalue weighted by molar-refractivity contribution is 6.11. The van der Waals surface area contributed by atoms with Crippen molar-refractivity contribution in [2.75, 3.05) is 0 Å². The zero-order valence-electron chi connectivity index (χ0n) is 70.9. The Bertz CT molecular complexity index is 5590. The molecule has 0 N–H and O–H groups in total. The number of carbonyl (C=O) groups is 28. The van der Waals surface area contributed by atoms with Gasteiger partial charge in [0.1, 0.15) is 0 Å². The molecule has 1 spiro atoms. The van der Waals surface area contributed by atoms with Crippen LogP contribution in [0.25, 0.3) is 0 Å². The second-order valence-electron chi connectivity index (χ2n) is 42.3. The summed E-state index contributed by atoms with van der Waals surface area (Å²) in [5.41, 5.74) is 0.00374. The molecule has 15 aliphatic heterocycles. The van der Waals surface area contributed by atoms with Gasteiger partial charge in [0.25, 0.3) is 0 Å². The molecule has 0 radical (unpaired) electrons. The van der Waals surface area contributed by atoms with Crippen LogP contribution < -0.4 is 0 Å². The van der Waals surface area contributed by atoms with Crippen molar-refractivity contribution in [3.63, 3.8) is 0 Å². The van der Waals surface area contributed by atoms with Gasteiger partial charge in [-0.15, -0.1) is 0 Å². The first-order chi connectivity index (χ1) is 63.8. The van der Waals surface area contributed by atoms with Crippen LogP contribution in [0.4, 0.5) is 0 Å². The van der Waals surface area contributed by atoms with Gasteiger partial charge in [-0.2, -0.15) is 0 Å². The van der Waals surface area contributed by atoms with Gasteiger partial charge in [0.05, 0.1) is 161 Å². The van der Waals surface area contributed by atoms with Gasteiger partial charge in [-0.25, -0.2) is 0 Å². The maximum Gasteiger partial charge on any atom is 0.321 e. The fourth-order valence-electron chi connectivity index (χ4n) is 33.2. The average molecular weight is 1860 g/mol. The lowest BCUT2D eigenvalue weighted by Gasteiger charge is -2.51. The predicted molar refractivity (Wildman–Crippen MR) is 401 cm³/mol. The Kier molecular flexibility index (Phi) is 19.1. The zero-order chi connectivity index (χ0) is 94.0. The molecule has 0 amide bonds. The Morgan fingerprint density at radius 2 is 0.597 bits per heavy atom. The first-order valence-electron chi connectivity index (χ1n) is 46.0. The standard InChI is InChI=1S/C19H18O6.C15H14O6.C14H12O6.C13H14O6.C13H12O6.C10H8O6.C8H4O6/c20-16-12-6-2-8(14(12)18(22)24-16)10-4(6)1-5-7-3-9(11(5)10)15-13(7)17(21)25-19(15)23;16-9-3-5-4-1-6(12(5)15(19)20-9)11-8-2-7(10(4)11)13(17)21-14(8)18;15-6-3-14(13(18)19-6)2-4-1-5(14)8-7(4)9-10(8)12(17)20-11(9)16;2*1-5-2-6(7-4-9(14)18-11(7)15)3-8-10(5)13(17)19-12(8)16;11-6-2-3-4-1-5(7(3)10(14)15-6)9(13)16-8(4)12;9-5-1-2-4(8(12)13-5)3(1)7(11)14-6(2)10/h4-15H,1-3H2;4-8,10-12H,1-3H2;4-5,7-10H,1-3H2;5-8,10H,2-4H2,1H3;2,6-8,10H,3-4H2,1H3;3-5,7H,1-2H2;1-4H. The van der Waals surface area contributed by atoms with Gasteiger partial charge < -0.3 is 66.3 Å². The van der Waals surface area contributed by atoms with E-state index in [2.05, 4.69) is 37.9 Å². The second-order valence-corrected chi connectivity index (χ2v) is 42.3. The van der Waals surface area contributed by atoms with E-state index in [1.807, 2.05) is 6.92 Å². The van der Waals surface area contributed by atoms with E-state index in [1.165, 1.54) is 0 Å². The maximum atomic E-state index is 12.2. The van der Waals surface area contributed by atoms with E-state index in [9.17, 15) is 134 Å². The van der Waals surface area contributed by atoms with Crippen LogP contribution in [0.5, 0.6) is 0 Å². The second kappa shape index (κ2) is 29.8. The molecule has 15 aliphatic carbocycles. The molecule has 134 heavy (non-hydrogen) atoms. The molecule has 42 nitrogen and oxygen atoms in total. The minimum absolute atomic E-state index is 0.00356. The number of rotatable bonds is 2. The Labute approximate surface area is 752 Å². The molecule has 30 rings (SSSR count). The van der Waals surface area contributed by atoms with Gasteiger partial charge in [-0.3, -0.25) is 134 Å². The topological polar surface area (TPSA) is 607 Å². The quantitative estimate of drug-likeness (QED) is 0.115. The molecule has 42 heteroatoms. The van der Waals surface area contributed by atoms with E-state index in [0.717, 1.165) is 37.7 Å². The molecule has 15 heterocycles. The highest BCUT2D eigenvalue weighted by Crippen LogP contribution is 2.78. The molecule has 40 unspecified atom stereocenters. The number of ether oxygens (including phenoxy) is 14. The Hall–Kier alpha value is -12.3. The van der Waals surface area contributed by atoms with E-state index in [0.29, 0.717) is 62.2 Å². The largest absolute Gasteiger partial charge is 0.393 e. The zero-order valence-corrected chi connectivity index (χ0v) is 70.9. The lowest BCUT2D eigenvalue weighted by Crippen LogP contribution is -2.69. The monoisotopic (exact) mass is 1860 g/mol. The molecular weight excluding hydrogens is 1780 g/mol. The molecule has 29 fully saturated rings. The summed E-state index contributed by atoms with van der Waals surface area (Å²) < 4.78 is 65.2. The summed E-state index contributed by atoms with van der Waals surface area (Å²) in [6.07, 6.45) is 9.84. The normalized spacial score (nSPS) is 49.0. The van der Waals surface area contributed by atoms with E-state index in [4.69, 9.17) is 28.4 Å². The fraction of sp³-hybridized carbons (Fsp3) is 0.674. The summed E-state index contributed by atoms with van der Waals surface area (Å²) in [7, 11) is 0. The highest BCUT2D eigenvalue weighted by atomic mass is 16.6. The van der Waals surface area contributed by atoms with Gasteiger partial charge in [-0.05, 0) is 202 Å². The predicted octanol–water partition coefficient (Wildman–Crippen LogP) is -0.0328. The van der Waals surface area contributed by atoms with Crippen molar-refractivity contribution in [3.05, 3.63) is 11.6 Å².